The molecule has 0 aliphatic carbocycles. The van der Waals surface area contributed by atoms with Crippen molar-refractivity contribution in [2.75, 3.05) is 18.6 Å². The Kier molecular flexibility index (Phi) is 3.10. The Bertz CT molecular complexity index is 366. The number of para-hydroxylation sites is 1. The van der Waals surface area contributed by atoms with E-state index in [2.05, 4.69) is 0 Å². The van der Waals surface area contributed by atoms with Crippen LogP contribution in [0.4, 0.5) is 5.69 Å². The Morgan fingerprint density at radius 2 is 2.12 bits per heavy atom. The normalized spacial score (nSPS) is 24.5. The second kappa shape index (κ2) is 4.53. The molecule has 2 atom stereocenters. The van der Waals surface area contributed by atoms with Crippen molar-refractivity contribution < 1.29 is 14.6 Å². The molecule has 2 rings (SSSR count). The van der Waals surface area contributed by atoms with E-state index in [0.717, 1.165) is 5.69 Å². The van der Waals surface area contributed by atoms with Gasteiger partial charge in [0.1, 0.15) is 6.04 Å². The summed E-state index contributed by atoms with van der Waals surface area (Å²) in [4.78, 5) is 13.5. The second-order valence-electron chi connectivity index (χ2n) is 3.92. The van der Waals surface area contributed by atoms with Crippen molar-refractivity contribution in [3.63, 3.8) is 0 Å². The molecule has 86 valence electrons. The van der Waals surface area contributed by atoms with Crippen molar-refractivity contribution in [2.24, 2.45) is 0 Å². The maximum atomic E-state index is 11.6. The van der Waals surface area contributed by atoms with Gasteiger partial charge in [0.25, 0.3) is 0 Å². The van der Waals surface area contributed by atoms with Crippen LogP contribution in [-0.2, 0) is 9.53 Å². The van der Waals surface area contributed by atoms with Crippen molar-refractivity contribution >= 4 is 11.7 Å². The van der Waals surface area contributed by atoms with Crippen molar-refractivity contribution in [3.05, 3.63) is 30.3 Å². The van der Waals surface area contributed by atoms with Crippen LogP contribution in [0.25, 0.3) is 0 Å². The summed E-state index contributed by atoms with van der Waals surface area (Å²) < 4.78 is 4.74. The van der Waals surface area contributed by atoms with Crippen LogP contribution >= 0.6 is 0 Å². The van der Waals surface area contributed by atoms with Gasteiger partial charge in [-0.25, -0.2) is 4.79 Å². The van der Waals surface area contributed by atoms with Gasteiger partial charge in [0, 0.05) is 18.7 Å². The van der Waals surface area contributed by atoms with E-state index >= 15 is 0 Å². The predicted molar refractivity (Wildman–Crippen MR) is 60.2 cm³/mol. The third-order valence-corrected chi connectivity index (χ3v) is 2.84. The Morgan fingerprint density at radius 3 is 2.75 bits per heavy atom. The second-order valence-corrected chi connectivity index (χ2v) is 3.92. The van der Waals surface area contributed by atoms with Gasteiger partial charge in [0.15, 0.2) is 0 Å². The van der Waals surface area contributed by atoms with Gasteiger partial charge in [-0.05, 0) is 12.1 Å². The number of anilines is 1. The molecule has 2 unspecified atom stereocenters. The first kappa shape index (κ1) is 11.0. The fraction of sp³-hybridized carbons (Fsp3) is 0.417. The van der Waals surface area contributed by atoms with Crippen LogP contribution in [0.3, 0.4) is 0 Å². The molecule has 1 aliphatic heterocycles. The standard InChI is InChI=1S/C12H15NO3/c1-16-12(15)11-7-10(14)8-13(11)9-5-3-2-4-6-9/h2-6,10-11,14H,7-8H2,1H3. The number of aliphatic hydroxyl groups excluding tert-OH is 1. The van der Waals surface area contributed by atoms with Gasteiger partial charge >= 0.3 is 5.97 Å². The van der Waals surface area contributed by atoms with Gasteiger partial charge in [-0.3, -0.25) is 0 Å². The lowest BCUT2D eigenvalue weighted by Crippen LogP contribution is -2.36. The highest BCUT2D eigenvalue weighted by Crippen LogP contribution is 2.26. The number of rotatable bonds is 2. The highest BCUT2D eigenvalue weighted by Gasteiger charge is 2.36. The van der Waals surface area contributed by atoms with Crippen LogP contribution < -0.4 is 4.90 Å². The van der Waals surface area contributed by atoms with Crippen LogP contribution in [0.1, 0.15) is 6.42 Å². The van der Waals surface area contributed by atoms with Gasteiger partial charge < -0.3 is 14.7 Å². The molecule has 0 spiro atoms. The average Bonchev–Trinajstić information content (AvgIpc) is 2.71. The first-order valence-electron chi connectivity index (χ1n) is 5.30. The lowest BCUT2D eigenvalue weighted by atomic mass is 10.2. The number of carbonyl (C=O) groups is 1. The van der Waals surface area contributed by atoms with Crippen molar-refractivity contribution in [1.82, 2.24) is 0 Å². The minimum absolute atomic E-state index is 0.291. The van der Waals surface area contributed by atoms with Gasteiger partial charge in [-0.15, -0.1) is 0 Å². The number of nitrogens with zero attached hydrogens (tertiary/aromatic N) is 1. The van der Waals surface area contributed by atoms with E-state index in [1.165, 1.54) is 7.11 Å². The average molecular weight is 221 g/mol. The van der Waals surface area contributed by atoms with Crippen LogP contribution in [0, 0.1) is 0 Å². The molecule has 1 aromatic carbocycles. The van der Waals surface area contributed by atoms with Gasteiger partial charge in [-0.1, -0.05) is 18.2 Å². The summed E-state index contributed by atoms with van der Waals surface area (Å²) in [5, 5.41) is 9.63. The number of methoxy groups -OCH3 is 1. The number of carbonyl (C=O) groups excluding carboxylic acids is 1. The van der Waals surface area contributed by atoms with E-state index in [9.17, 15) is 9.90 Å². The lowest BCUT2D eigenvalue weighted by Gasteiger charge is -2.24. The first-order valence-corrected chi connectivity index (χ1v) is 5.30. The van der Waals surface area contributed by atoms with E-state index in [-0.39, 0.29) is 12.0 Å². The smallest absolute Gasteiger partial charge is 0.328 e. The van der Waals surface area contributed by atoms with Crippen molar-refractivity contribution in [2.45, 2.75) is 18.6 Å². The lowest BCUT2D eigenvalue weighted by molar-refractivity contribution is -0.142. The maximum Gasteiger partial charge on any atom is 0.328 e. The van der Waals surface area contributed by atoms with Gasteiger partial charge in [0.05, 0.1) is 13.2 Å². The molecule has 0 amide bonds. The summed E-state index contributed by atoms with van der Waals surface area (Å²) >= 11 is 0. The molecule has 1 N–H and O–H groups in total. The summed E-state index contributed by atoms with van der Waals surface area (Å²) in [7, 11) is 1.37. The monoisotopic (exact) mass is 221 g/mol. The molecule has 1 aliphatic rings. The van der Waals surface area contributed by atoms with E-state index < -0.39 is 6.10 Å². The predicted octanol–water partition coefficient (Wildman–Crippen LogP) is 0.799. The van der Waals surface area contributed by atoms with Crippen LogP contribution in [0.15, 0.2) is 30.3 Å². The molecule has 1 fully saturated rings. The summed E-state index contributed by atoms with van der Waals surface area (Å²) in [5.41, 5.74) is 0.939. The molecule has 0 aromatic heterocycles. The minimum atomic E-state index is -0.468. The third kappa shape index (κ3) is 2.02. The quantitative estimate of drug-likeness (QED) is 0.750. The number of hydrogen-bond donors (Lipinski definition) is 1. The van der Waals surface area contributed by atoms with Crippen LogP contribution in [-0.4, -0.2) is 36.9 Å². The number of aliphatic hydroxyl groups is 1. The number of ether oxygens (including phenoxy) is 1. The zero-order chi connectivity index (χ0) is 11.5. The molecule has 4 heteroatoms. The molecule has 0 saturated carbocycles. The zero-order valence-corrected chi connectivity index (χ0v) is 9.17. The summed E-state index contributed by atoms with van der Waals surface area (Å²) in [6.45, 7) is 0.476. The topological polar surface area (TPSA) is 49.8 Å². The Balaban J connectivity index is 2.22. The third-order valence-electron chi connectivity index (χ3n) is 2.84. The molecule has 1 aromatic rings. The zero-order valence-electron chi connectivity index (χ0n) is 9.17. The number of hydrogen-bond acceptors (Lipinski definition) is 4. The highest BCUT2D eigenvalue weighted by atomic mass is 16.5. The molecule has 4 nitrogen and oxygen atoms in total. The van der Waals surface area contributed by atoms with Crippen LogP contribution in [0.2, 0.25) is 0 Å². The molecular weight excluding hydrogens is 206 g/mol. The molecule has 1 saturated heterocycles. The molecule has 0 radical (unpaired) electrons. The fourth-order valence-corrected chi connectivity index (χ4v) is 2.08. The Labute approximate surface area is 94.4 Å². The summed E-state index contributed by atoms with van der Waals surface area (Å²) in [5.74, 6) is -0.291. The first-order chi connectivity index (χ1) is 7.72. The Hall–Kier alpha value is -1.55. The van der Waals surface area contributed by atoms with E-state index in [1.807, 2.05) is 35.2 Å². The number of β-amino-alcohol motifs (C(OH)–C–C–N with tert-alkyl or cyclic N) is 1. The largest absolute Gasteiger partial charge is 0.467 e. The molecule has 0 bridgehead atoms. The minimum Gasteiger partial charge on any atom is -0.467 e. The van der Waals surface area contributed by atoms with Gasteiger partial charge in [0.2, 0.25) is 0 Å². The highest BCUT2D eigenvalue weighted by molar-refractivity contribution is 5.81. The van der Waals surface area contributed by atoms with Crippen molar-refractivity contribution in [3.8, 4) is 0 Å². The molecule has 16 heavy (non-hydrogen) atoms. The summed E-state index contributed by atoms with van der Waals surface area (Å²) in [6, 6.07) is 9.22. The Morgan fingerprint density at radius 1 is 1.44 bits per heavy atom. The summed E-state index contributed by atoms with van der Waals surface area (Å²) in [6.07, 6.45) is -0.0361. The SMILES string of the molecule is COC(=O)C1CC(O)CN1c1ccccc1. The molecular formula is C12H15NO3. The van der Waals surface area contributed by atoms with E-state index in [0.29, 0.717) is 13.0 Å². The number of esters is 1. The van der Waals surface area contributed by atoms with Gasteiger partial charge in [-0.2, -0.15) is 0 Å². The van der Waals surface area contributed by atoms with E-state index in [4.69, 9.17) is 4.74 Å². The molecule has 1 heterocycles. The fourth-order valence-electron chi connectivity index (χ4n) is 2.08. The van der Waals surface area contributed by atoms with E-state index in [1.54, 1.807) is 0 Å². The maximum absolute atomic E-state index is 11.6. The number of benzene rings is 1. The van der Waals surface area contributed by atoms with Crippen LogP contribution in [0.5, 0.6) is 0 Å². The van der Waals surface area contributed by atoms with Crippen molar-refractivity contribution in [1.29, 1.82) is 0 Å².